The maximum absolute atomic E-state index is 13.0. The number of likely N-dealkylation sites (N-methyl/N-ethyl adjacent to an activating group) is 1. The predicted octanol–water partition coefficient (Wildman–Crippen LogP) is 1.83. The zero-order valence-corrected chi connectivity index (χ0v) is 16.1. The summed E-state index contributed by atoms with van der Waals surface area (Å²) < 4.78 is 1.56. The molecule has 8 nitrogen and oxygen atoms in total. The van der Waals surface area contributed by atoms with Gasteiger partial charge in [0.1, 0.15) is 12.4 Å². The number of imidazole rings is 1. The van der Waals surface area contributed by atoms with Crippen LogP contribution >= 0.6 is 0 Å². The van der Waals surface area contributed by atoms with E-state index in [9.17, 15) is 9.59 Å². The number of carbonyl (C=O) groups is 2. The summed E-state index contributed by atoms with van der Waals surface area (Å²) in [7, 11) is 1.58. The Labute approximate surface area is 162 Å². The SMILES string of the molecule is CNC(=O)Cn1nc(C(=O)N2CCCC(c3nc4ccccc4[nH]3)C2)cc1C. The second-order valence-corrected chi connectivity index (χ2v) is 7.23. The van der Waals surface area contributed by atoms with Crippen molar-refractivity contribution in [2.24, 2.45) is 0 Å². The zero-order chi connectivity index (χ0) is 19.7. The van der Waals surface area contributed by atoms with Gasteiger partial charge in [-0.2, -0.15) is 5.10 Å². The molecule has 1 saturated heterocycles. The van der Waals surface area contributed by atoms with E-state index in [1.54, 1.807) is 17.8 Å². The summed E-state index contributed by atoms with van der Waals surface area (Å²) >= 11 is 0. The van der Waals surface area contributed by atoms with Gasteiger partial charge in [0.05, 0.1) is 11.0 Å². The zero-order valence-electron chi connectivity index (χ0n) is 16.1. The highest BCUT2D eigenvalue weighted by atomic mass is 16.2. The Balaban J connectivity index is 1.50. The smallest absolute Gasteiger partial charge is 0.274 e. The lowest BCUT2D eigenvalue weighted by molar-refractivity contribution is -0.121. The van der Waals surface area contributed by atoms with Crippen LogP contribution in [0.1, 0.15) is 40.8 Å². The molecular formula is C20H24N6O2. The first-order valence-corrected chi connectivity index (χ1v) is 9.54. The third kappa shape index (κ3) is 3.49. The molecule has 2 aromatic heterocycles. The maximum Gasteiger partial charge on any atom is 0.274 e. The Morgan fingerprint density at radius 3 is 2.93 bits per heavy atom. The van der Waals surface area contributed by atoms with E-state index in [-0.39, 0.29) is 24.3 Å². The van der Waals surface area contributed by atoms with Gasteiger partial charge in [-0.15, -0.1) is 0 Å². The van der Waals surface area contributed by atoms with Crippen molar-refractivity contribution >= 4 is 22.8 Å². The number of H-pyrrole nitrogens is 1. The molecule has 3 heterocycles. The molecule has 1 aliphatic rings. The van der Waals surface area contributed by atoms with Crippen molar-refractivity contribution in [2.75, 3.05) is 20.1 Å². The molecule has 1 fully saturated rings. The Morgan fingerprint density at radius 2 is 2.14 bits per heavy atom. The molecule has 4 rings (SSSR count). The number of hydrogen-bond donors (Lipinski definition) is 2. The third-order valence-electron chi connectivity index (χ3n) is 5.28. The highest BCUT2D eigenvalue weighted by Crippen LogP contribution is 2.27. The maximum atomic E-state index is 13.0. The van der Waals surface area contributed by atoms with Crippen LogP contribution in [-0.4, -0.2) is 56.6 Å². The van der Waals surface area contributed by atoms with Crippen LogP contribution in [0.2, 0.25) is 0 Å². The largest absolute Gasteiger partial charge is 0.358 e. The van der Waals surface area contributed by atoms with Crippen molar-refractivity contribution in [1.82, 2.24) is 30.0 Å². The topological polar surface area (TPSA) is 95.9 Å². The second-order valence-electron chi connectivity index (χ2n) is 7.23. The van der Waals surface area contributed by atoms with E-state index in [2.05, 4.69) is 15.4 Å². The van der Waals surface area contributed by atoms with Crippen molar-refractivity contribution in [3.05, 3.63) is 47.5 Å². The number of hydrogen-bond acceptors (Lipinski definition) is 4. The number of fused-ring (bicyclic) bond motifs is 1. The Kier molecular flexibility index (Phi) is 4.85. The molecule has 0 aliphatic carbocycles. The molecule has 2 amide bonds. The van der Waals surface area contributed by atoms with Gasteiger partial charge < -0.3 is 15.2 Å². The Morgan fingerprint density at radius 1 is 1.32 bits per heavy atom. The van der Waals surface area contributed by atoms with Gasteiger partial charge in [0, 0.05) is 31.7 Å². The number of aryl methyl sites for hydroxylation is 1. The average Bonchev–Trinajstić information content (AvgIpc) is 3.31. The van der Waals surface area contributed by atoms with Crippen molar-refractivity contribution in [2.45, 2.75) is 32.2 Å². The summed E-state index contributed by atoms with van der Waals surface area (Å²) in [4.78, 5) is 34.5. The van der Waals surface area contributed by atoms with E-state index in [1.165, 1.54) is 0 Å². The summed E-state index contributed by atoms with van der Waals surface area (Å²) in [5.41, 5.74) is 3.14. The molecule has 146 valence electrons. The third-order valence-corrected chi connectivity index (χ3v) is 5.28. The van der Waals surface area contributed by atoms with Crippen LogP contribution < -0.4 is 5.32 Å². The van der Waals surface area contributed by atoms with Crippen LogP contribution in [0.25, 0.3) is 11.0 Å². The number of amides is 2. The highest BCUT2D eigenvalue weighted by Gasteiger charge is 2.28. The fraction of sp³-hybridized carbons (Fsp3) is 0.400. The summed E-state index contributed by atoms with van der Waals surface area (Å²) in [5, 5.41) is 6.92. The van der Waals surface area contributed by atoms with Gasteiger partial charge in [-0.05, 0) is 38.0 Å². The molecule has 8 heteroatoms. The minimum Gasteiger partial charge on any atom is -0.358 e. The van der Waals surface area contributed by atoms with Gasteiger partial charge in [0.2, 0.25) is 5.91 Å². The Hall–Kier alpha value is -3.16. The lowest BCUT2D eigenvalue weighted by atomic mass is 9.97. The summed E-state index contributed by atoms with van der Waals surface area (Å²) in [6.07, 6.45) is 1.92. The van der Waals surface area contributed by atoms with E-state index in [0.717, 1.165) is 35.4 Å². The van der Waals surface area contributed by atoms with E-state index in [4.69, 9.17) is 4.98 Å². The number of carbonyl (C=O) groups excluding carboxylic acids is 2. The van der Waals surface area contributed by atoms with Crippen LogP contribution in [0.5, 0.6) is 0 Å². The molecule has 3 aromatic rings. The highest BCUT2D eigenvalue weighted by molar-refractivity contribution is 5.92. The standard InChI is InChI=1S/C20H24N6O2/c1-13-10-17(24-26(13)12-18(27)21-2)20(28)25-9-5-6-14(11-25)19-22-15-7-3-4-8-16(15)23-19/h3-4,7-8,10,14H,5-6,9,11-12H2,1-2H3,(H,21,27)(H,22,23). The molecule has 1 atom stereocenters. The number of aromatic nitrogens is 4. The number of rotatable bonds is 4. The summed E-state index contributed by atoms with van der Waals surface area (Å²) in [6.45, 7) is 3.27. The molecule has 0 spiro atoms. The van der Waals surface area contributed by atoms with Gasteiger partial charge in [-0.1, -0.05) is 12.1 Å². The number of nitrogens with zero attached hydrogens (tertiary/aromatic N) is 4. The van der Waals surface area contributed by atoms with Crippen molar-refractivity contribution in [3.8, 4) is 0 Å². The normalized spacial score (nSPS) is 17.1. The first kappa shape index (κ1) is 18.2. The molecule has 28 heavy (non-hydrogen) atoms. The Bertz CT molecular complexity index is 988. The summed E-state index contributed by atoms with van der Waals surface area (Å²) in [5.74, 6) is 0.867. The van der Waals surface area contributed by atoms with Crippen molar-refractivity contribution in [1.29, 1.82) is 0 Å². The lowest BCUT2D eigenvalue weighted by Crippen LogP contribution is -2.39. The molecule has 0 bridgehead atoms. The quantitative estimate of drug-likeness (QED) is 0.722. The lowest BCUT2D eigenvalue weighted by Gasteiger charge is -2.31. The average molecular weight is 380 g/mol. The molecule has 0 saturated carbocycles. The molecule has 0 radical (unpaired) electrons. The number of aromatic amines is 1. The number of piperidine rings is 1. The van der Waals surface area contributed by atoms with Gasteiger partial charge in [-0.3, -0.25) is 14.3 Å². The molecule has 2 N–H and O–H groups in total. The van der Waals surface area contributed by atoms with Crippen molar-refractivity contribution < 1.29 is 9.59 Å². The van der Waals surface area contributed by atoms with Gasteiger partial charge in [-0.25, -0.2) is 4.98 Å². The second kappa shape index (κ2) is 7.46. The minimum absolute atomic E-state index is 0.0976. The molecule has 1 aromatic carbocycles. The number of benzene rings is 1. The van der Waals surface area contributed by atoms with Crippen LogP contribution in [0, 0.1) is 6.92 Å². The van der Waals surface area contributed by atoms with Crippen LogP contribution in [0.15, 0.2) is 30.3 Å². The molecule has 1 unspecified atom stereocenters. The van der Waals surface area contributed by atoms with Crippen LogP contribution in [0.4, 0.5) is 0 Å². The summed E-state index contributed by atoms with van der Waals surface area (Å²) in [6, 6.07) is 9.71. The first-order valence-electron chi connectivity index (χ1n) is 9.54. The van der Waals surface area contributed by atoms with Gasteiger partial charge >= 0.3 is 0 Å². The number of likely N-dealkylation sites (tertiary alicyclic amines) is 1. The van der Waals surface area contributed by atoms with Crippen LogP contribution in [0.3, 0.4) is 0 Å². The number of nitrogens with one attached hydrogen (secondary N) is 2. The van der Waals surface area contributed by atoms with E-state index in [0.29, 0.717) is 18.8 Å². The molecule has 1 aliphatic heterocycles. The molecular weight excluding hydrogens is 356 g/mol. The van der Waals surface area contributed by atoms with E-state index in [1.807, 2.05) is 36.1 Å². The predicted molar refractivity (Wildman–Crippen MR) is 105 cm³/mol. The number of para-hydroxylation sites is 2. The minimum atomic E-state index is -0.145. The van der Waals surface area contributed by atoms with E-state index >= 15 is 0 Å². The van der Waals surface area contributed by atoms with Crippen molar-refractivity contribution in [3.63, 3.8) is 0 Å². The van der Waals surface area contributed by atoms with Crippen LogP contribution in [-0.2, 0) is 11.3 Å². The van der Waals surface area contributed by atoms with Gasteiger partial charge in [0.15, 0.2) is 5.69 Å². The first-order chi connectivity index (χ1) is 13.5. The monoisotopic (exact) mass is 380 g/mol. The fourth-order valence-corrected chi connectivity index (χ4v) is 3.70. The fourth-order valence-electron chi connectivity index (χ4n) is 3.70. The van der Waals surface area contributed by atoms with E-state index < -0.39 is 0 Å². The van der Waals surface area contributed by atoms with Gasteiger partial charge in [0.25, 0.3) is 5.91 Å².